The van der Waals surface area contributed by atoms with Gasteiger partial charge in [-0.1, -0.05) is 54.1 Å². The Balaban J connectivity index is 2.05. The highest BCUT2D eigenvalue weighted by atomic mass is 35.5. The van der Waals surface area contributed by atoms with Crippen molar-refractivity contribution in [3.05, 3.63) is 76.9 Å². The predicted molar refractivity (Wildman–Crippen MR) is 125 cm³/mol. The highest BCUT2D eigenvalue weighted by molar-refractivity contribution is 6.30. The molecule has 0 bridgehead atoms. The summed E-state index contributed by atoms with van der Waals surface area (Å²) in [5.74, 6) is -1.09. The van der Waals surface area contributed by atoms with Crippen LogP contribution in [-0.4, -0.2) is 31.3 Å². The summed E-state index contributed by atoms with van der Waals surface area (Å²) in [6.45, 7) is 7.26. The van der Waals surface area contributed by atoms with Gasteiger partial charge in [0.1, 0.15) is 0 Å². The van der Waals surface area contributed by atoms with Gasteiger partial charge in [0.2, 0.25) is 0 Å². The van der Waals surface area contributed by atoms with E-state index in [0.717, 1.165) is 16.8 Å². The van der Waals surface area contributed by atoms with Gasteiger partial charge < -0.3 is 9.84 Å². The first-order chi connectivity index (χ1) is 15.1. The van der Waals surface area contributed by atoms with Crippen LogP contribution in [0.1, 0.15) is 38.1 Å². The van der Waals surface area contributed by atoms with Crippen LogP contribution in [0.15, 0.2) is 60.7 Å². The third-order valence-corrected chi connectivity index (χ3v) is 5.19. The second kappa shape index (κ2) is 8.37. The number of benzene rings is 2. The number of aliphatic carboxylic acids is 1. The van der Waals surface area contributed by atoms with Crippen LogP contribution in [0.4, 0.5) is 0 Å². The number of rotatable bonds is 5. The van der Waals surface area contributed by atoms with Gasteiger partial charge >= 0.3 is 5.97 Å². The van der Waals surface area contributed by atoms with E-state index in [1.165, 1.54) is 0 Å². The fourth-order valence-electron chi connectivity index (χ4n) is 3.70. The molecular weight excluding hydrogens is 426 g/mol. The molecule has 4 rings (SSSR count). The average molecular weight is 450 g/mol. The molecule has 0 radical (unpaired) electrons. The highest BCUT2D eigenvalue weighted by Crippen LogP contribution is 2.36. The summed E-state index contributed by atoms with van der Waals surface area (Å²) >= 11 is 6.29. The van der Waals surface area contributed by atoms with Gasteiger partial charge in [-0.2, -0.15) is 5.10 Å². The molecule has 2 aromatic carbocycles. The van der Waals surface area contributed by atoms with E-state index in [1.54, 1.807) is 23.6 Å². The Hall–Kier alpha value is -3.22. The monoisotopic (exact) mass is 449 g/mol. The lowest BCUT2D eigenvalue weighted by molar-refractivity contribution is -0.160. The van der Waals surface area contributed by atoms with Crippen molar-refractivity contribution < 1.29 is 14.6 Å². The number of nitrogens with zero attached hydrogens (tertiary/aromatic N) is 3. The minimum Gasteiger partial charge on any atom is -0.479 e. The summed E-state index contributed by atoms with van der Waals surface area (Å²) in [6, 6.07) is 18.9. The minimum absolute atomic E-state index is 0.449. The van der Waals surface area contributed by atoms with Crippen molar-refractivity contribution in [3.63, 3.8) is 0 Å². The Morgan fingerprint density at radius 3 is 2.38 bits per heavy atom. The standard InChI is InChI=1S/C25H24ClN3O3/c1-15-21(23(24(30)31)32-25(2,3)4)22(17-11-8-12-18(26)13-17)29-20(27-15)14-19(28-29)16-9-6-5-7-10-16/h5-14,23H,1-4H3,(H,30,31). The molecule has 1 atom stereocenters. The summed E-state index contributed by atoms with van der Waals surface area (Å²) in [4.78, 5) is 17.0. The summed E-state index contributed by atoms with van der Waals surface area (Å²) in [5.41, 5.74) is 3.93. The van der Waals surface area contributed by atoms with E-state index < -0.39 is 17.7 Å². The first kappa shape index (κ1) is 22.0. The van der Waals surface area contributed by atoms with Crippen LogP contribution in [0, 0.1) is 6.92 Å². The summed E-state index contributed by atoms with van der Waals surface area (Å²) < 4.78 is 7.66. The molecule has 0 aliphatic rings. The number of aryl methyl sites for hydroxylation is 1. The number of ether oxygens (including phenoxy) is 1. The first-order valence-corrected chi connectivity index (χ1v) is 10.6. The molecule has 0 saturated carbocycles. The zero-order valence-electron chi connectivity index (χ0n) is 18.3. The first-order valence-electron chi connectivity index (χ1n) is 10.3. The lowest BCUT2D eigenvalue weighted by Crippen LogP contribution is -2.29. The van der Waals surface area contributed by atoms with Crippen molar-refractivity contribution in [3.8, 4) is 22.5 Å². The Morgan fingerprint density at radius 2 is 1.75 bits per heavy atom. The second-order valence-electron chi connectivity index (χ2n) is 8.58. The molecule has 6 nitrogen and oxygen atoms in total. The number of carbonyl (C=O) groups is 1. The predicted octanol–water partition coefficient (Wildman–Crippen LogP) is 5.97. The zero-order chi connectivity index (χ0) is 23.0. The van der Waals surface area contributed by atoms with Crippen molar-refractivity contribution in [2.45, 2.75) is 39.4 Å². The van der Waals surface area contributed by atoms with Crippen molar-refractivity contribution >= 4 is 23.2 Å². The van der Waals surface area contributed by atoms with Gasteiger partial charge in [-0.15, -0.1) is 0 Å². The lowest BCUT2D eigenvalue weighted by atomic mass is 9.99. The van der Waals surface area contributed by atoms with E-state index in [9.17, 15) is 9.90 Å². The van der Waals surface area contributed by atoms with Gasteiger partial charge in [0.15, 0.2) is 11.8 Å². The maximum Gasteiger partial charge on any atom is 0.337 e. The fraction of sp³-hybridized carbons (Fsp3) is 0.240. The Labute approximate surface area is 191 Å². The molecule has 0 aliphatic heterocycles. The third-order valence-electron chi connectivity index (χ3n) is 4.96. The van der Waals surface area contributed by atoms with Crippen LogP contribution in [0.25, 0.3) is 28.2 Å². The van der Waals surface area contributed by atoms with Gasteiger partial charge in [0.25, 0.3) is 0 Å². The van der Waals surface area contributed by atoms with E-state index in [4.69, 9.17) is 21.4 Å². The molecule has 4 aromatic rings. The molecule has 2 heterocycles. The fourth-order valence-corrected chi connectivity index (χ4v) is 3.89. The smallest absolute Gasteiger partial charge is 0.337 e. The molecule has 2 aromatic heterocycles. The molecule has 1 unspecified atom stereocenters. The van der Waals surface area contributed by atoms with E-state index >= 15 is 0 Å². The Morgan fingerprint density at radius 1 is 1.06 bits per heavy atom. The van der Waals surface area contributed by atoms with Gasteiger partial charge in [-0.05, 0) is 39.8 Å². The van der Waals surface area contributed by atoms with Gasteiger partial charge in [-0.25, -0.2) is 14.3 Å². The number of hydrogen-bond acceptors (Lipinski definition) is 4. The molecule has 7 heteroatoms. The number of fused-ring (bicyclic) bond motifs is 1. The van der Waals surface area contributed by atoms with Crippen LogP contribution < -0.4 is 0 Å². The maximum absolute atomic E-state index is 12.3. The Kier molecular flexibility index (Phi) is 5.75. The van der Waals surface area contributed by atoms with Crippen molar-refractivity contribution in [1.29, 1.82) is 0 Å². The number of halogens is 1. The summed E-state index contributed by atoms with van der Waals surface area (Å²) in [6.07, 6.45) is -1.23. The van der Waals surface area contributed by atoms with Crippen molar-refractivity contribution in [2.24, 2.45) is 0 Å². The van der Waals surface area contributed by atoms with Crippen molar-refractivity contribution in [2.75, 3.05) is 0 Å². The SMILES string of the molecule is Cc1nc2cc(-c3ccccc3)nn2c(-c2cccc(Cl)c2)c1C(OC(C)(C)C)C(=O)O. The molecule has 0 saturated heterocycles. The third kappa shape index (κ3) is 4.38. The second-order valence-corrected chi connectivity index (χ2v) is 9.02. The van der Waals surface area contributed by atoms with Crippen molar-refractivity contribution in [1.82, 2.24) is 14.6 Å². The van der Waals surface area contributed by atoms with E-state index in [2.05, 4.69) is 4.98 Å². The highest BCUT2D eigenvalue weighted by Gasteiger charge is 2.33. The lowest BCUT2D eigenvalue weighted by Gasteiger charge is -2.27. The summed E-state index contributed by atoms with van der Waals surface area (Å²) in [5, 5.41) is 15.4. The molecule has 32 heavy (non-hydrogen) atoms. The number of carboxylic acid groups (broad SMARTS) is 1. The molecule has 0 spiro atoms. The zero-order valence-corrected chi connectivity index (χ0v) is 19.1. The maximum atomic E-state index is 12.3. The molecule has 164 valence electrons. The average Bonchev–Trinajstić information content (AvgIpc) is 3.14. The number of carboxylic acids is 1. The van der Waals surface area contributed by atoms with Crippen LogP contribution in [-0.2, 0) is 9.53 Å². The molecule has 0 fully saturated rings. The van der Waals surface area contributed by atoms with Crippen LogP contribution in [0.3, 0.4) is 0 Å². The minimum atomic E-state index is -1.23. The van der Waals surface area contributed by atoms with Crippen LogP contribution >= 0.6 is 11.6 Å². The van der Waals surface area contributed by atoms with Gasteiger partial charge in [-0.3, -0.25) is 0 Å². The number of aromatic nitrogens is 3. The normalized spacial score (nSPS) is 12.8. The molecule has 1 N–H and O–H groups in total. The van der Waals surface area contributed by atoms with Crippen LogP contribution in [0.2, 0.25) is 5.02 Å². The Bertz CT molecular complexity index is 1290. The van der Waals surface area contributed by atoms with Gasteiger partial charge in [0, 0.05) is 33.5 Å². The van der Waals surface area contributed by atoms with Crippen LogP contribution in [0.5, 0.6) is 0 Å². The molecular formula is C25H24ClN3O3. The van der Waals surface area contributed by atoms with E-state index in [-0.39, 0.29) is 0 Å². The van der Waals surface area contributed by atoms with Gasteiger partial charge in [0.05, 0.1) is 17.0 Å². The van der Waals surface area contributed by atoms with E-state index in [1.807, 2.05) is 69.3 Å². The van der Waals surface area contributed by atoms with E-state index in [0.29, 0.717) is 27.6 Å². The quantitative estimate of drug-likeness (QED) is 0.406. The summed E-state index contributed by atoms with van der Waals surface area (Å²) in [7, 11) is 0. The largest absolute Gasteiger partial charge is 0.479 e. The molecule has 0 amide bonds. The topological polar surface area (TPSA) is 76.7 Å². The molecule has 0 aliphatic carbocycles. The number of hydrogen-bond donors (Lipinski definition) is 1.